The van der Waals surface area contributed by atoms with Crippen LogP contribution in [0.1, 0.15) is 21.7 Å². The van der Waals surface area contributed by atoms with Crippen molar-refractivity contribution in [3.05, 3.63) is 83.8 Å². The van der Waals surface area contributed by atoms with Crippen LogP contribution in [0.2, 0.25) is 0 Å². The molecule has 31 heavy (non-hydrogen) atoms. The van der Waals surface area contributed by atoms with E-state index in [2.05, 4.69) is 10.0 Å². The summed E-state index contributed by atoms with van der Waals surface area (Å²) in [6.45, 7) is 1.76. The monoisotopic (exact) mass is 441 g/mol. The molecule has 8 nitrogen and oxygen atoms in total. The smallest absolute Gasteiger partial charge is 0.254 e. The number of carbonyl (C=O) groups excluding carboxylic acids is 2. The van der Waals surface area contributed by atoms with Gasteiger partial charge in [-0.3, -0.25) is 9.59 Å². The summed E-state index contributed by atoms with van der Waals surface area (Å²) in [5.41, 5.74) is 1.86. The number of benzene rings is 2. The molecule has 3 rings (SSSR count). The van der Waals surface area contributed by atoms with Gasteiger partial charge in [0.05, 0.1) is 24.2 Å². The van der Waals surface area contributed by atoms with Gasteiger partial charge in [-0.05, 0) is 49.4 Å². The number of sulfonamides is 1. The molecule has 1 heterocycles. The van der Waals surface area contributed by atoms with Crippen LogP contribution in [0.4, 0.5) is 5.69 Å². The zero-order valence-electron chi connectivity index (χ0n) is 17.2. The Bertz CT molecular complexity index is 1160. The Morgan fingerprint density at radius 2 is 1.77 bits per heavy atom. The summed E-state index contributed by atoms with van der Waals surface area (Å²) in [4.78, 5) is 26.1. The van der Waals surface area contributed by atoms with Crippen LogP contribution in [0.5, 0.6) is 0 Å². The lowest BCUT2D eigenvalue weighted by atomic mass is 10.2. The third kappa shape index (κ3) is 6.03. The molecule has 0 aliphatic rings. The fourth-order valence-electron chi connectivity index (χ4n) is 2.80. The lowest BCUT2D eigenvalue weighted by Gasteiger charge is -2.17. The zero-order chi connectivity index (χ0) is 22.4. The summed E-state index contributed by atoms with van der Waals surface area (Å²) in [5, 5.41) is 2.72. The average molecular weight is 442 g/mol. The Balaban J connectivity index is 1.64. The van der Waals surface area contributed by atoms with Crippen LogP contribution in [-0.2, 0) is 21.4 Å². The molecule has 0 spiro atoms. The van der Waals surface area contributed by atoms with Crippen molar-refractivity contribution in [3.8, 4) is 0 Å². The number of aryl methyl sites for hydroxylation is 1. The normalized spacial score (nSPS) is 11.2. The number of likely N-dealkylation sites (N-methyl/N-ethyl adjacent to an activating group) is 1. The lowest BCUT2D eigenvalue weighted by Crippen LogP contribution is -2.35. The van der Waals surface area contributed by atoms with Crippen LogP contribution in [0, 0.1) is 6.92 Å². The molecule has 0 unspecified atom stereocenters. The Morgan fingerprint density at radius 3 is 2.45 bits per heavy atom. The lowest BCUT2D eigenvalue weighted by molar-refractivity contribution is -0.116. The summed E-state index contributed by atoms with van der Waals surface area (Å²) in [5.74, 6) is -0.360. The molecule has 0 radical (unpaired) electrons. The number of carbonyl (C=O) groups is 2. The SMILES string of the molecule is Cc1ccc(NC(=O)CN(C)C(=O)c2cccc(S(=O)(=O)NCc3ccco3)c2)cc1. The Kier molecular flexibility index (Phi) is 6.88. The molecule has 0 fully saturated rings. The van der Waals surface area contributed by atoms with Crippen LogP contribution in [-0.4, -0.2) is 38.7 Å². The maximum absolute atomic E-state index is 12.7. The van der Waals surface area contributed by atoms with Crippen LogP contribution in [0.25, 0.3) is 0 Å². The van der Waals surface area contributed by atoms with Gasteiger partial charge in [0.25, 0.3) is 5.91 Å². The topological polar surface area (TPSA) is 109 Å². The molecule has 2 aromatic carbocycles. The van der Waals surface area contributed by atoms with E-state index in [0.29, 0.717) is 11.4 Å². The van der Waals surface area contributed by atoms with E-state index in [1.165, 1.54) is 42.5 Å². The highest BCUT2D eigenvalue weighted by molar-refractivity contribution is 7.89. The second kappa shape index (κ2) is 9.59. The van der Waals surface area contributed by atoms with Crippen molar-refractivity contribution in [3.63, 3.8) is 0 Å². The third-order valence-electron chi connectivity index (χ3n) is 4.47. The average Bonchev–Trinajstić information content (AvgIpc) is 3.27. The summed E-state index contributed by atoms with van der Waals surface area (Å²) in [7, 11) is -2.37. The second-order valence-corrected chi connectivity index (χ2v) is 8.77. The van der Waals surface area contributed by atoms with E-state index in [9.17, 15) is 18.0 Å². The van der Waals surface area contributed by atoms with Crippen molar-refractivity contribution in [1.29, 1.82) is 0 Å². The molecule has 162 valence electrons. The highest BCUT2D eigenvalue weighted by Crippen LogP contribution is 2.14. The van der Waals surface area contributed by atoms with Gasteiger partial charge in [-0.25, -0.2) is 13.1 Å². The van der Waals surface area contributed by atoms with Crippen molar-refractivity contribution in [2.75, 3.05) is 18.9 Å². The zero-order valence-corrected chi connectivity index (χ0v) is 18.0. The number of rotatable bonds is 8. The van der Waals surface area contributed by atoms with E-state index < -0.39 is 15.9 Å². The van der Waals surface area contributed by atoms with Gasteiger partial charge < -0.3 is 14.6 Å². The summed E-state index contributed by atoms with van der Waals surface area (Å²) < 4.78 is 32.6. The Morgan fingerprint density at radius 1 is 1.03 bits per heavy atom. The number of nitrogens with zero attached hydrogens (tertiary/aromatic N) is 1. The van der Waals surface area contributed by atoms with Crippen LogP contribution in [0.3, 0.4) is 0 Å². The van der Waals surface area contributed by atoms with Gasteiger partial charge in [-0.2, -0.15) is 0 Å². The Hall–Kier alpha value is -3.43. The molecule has 3 aromatic rings. The fourth-order valence-corrected chi connectivity index (χ4v) is 3.84. The summed E-state index contributed by atoms with van der Waals surface area (Å²) >= 11 is 0. The van der Waals surface area contributed by atoms with Crippen molar-refractivity contribution in [1.82, 2.24) is 9.62 Å². The molecule has 2 amide bonds. The van der Waals surface area contributed by atoms with Crippen molar-refractivity contribution in [2.24, 2.45) is 0 Å². The minimum absolute atomic E-state index is 0.00735. The molecule has 0 aliphatic heterocycles. The van der Waals surface area contributed by atoms with E-state index in [1.54, 1.807) is 24.3 Å². The standard InChI is InChI=1S/C22H23N3O5S/c1-16-8-10-18(11-9-16)24-21(26)15-25(2)22(27)17-5-3-7-20(13-17)31(28,29)23-14-19-6-4-12-30-19/h3-13,23H,14-15H2,1-2H3,(H,24,26). The molecule has 9 heteroatoms. The van der Waals surface area contributed by atoms with Gasteiger partial charge in [-0.1, -0.05) is 23.8 Å². The van der Waals surface area contributed by atoms with E-state index in [0.717, 1.165) is 5.56 Å². The molecular weight excluding hydrogens is 418 g/mol. The summed E-state index contributed by atoms with van der Waals surface area (Å²) in [6.07, 6.45) is 1.45. The van der Waals surface area contributed by atoms with Gasteiger partial charge in [0.2, 0.25) is 15.9 Å². The van der Waals surface area contributed by atoms with Gasteiger partial charge >= 0.3 is 0 Å². The minimum atomic E-state index is -3.85. The maximum atomic E-state index is 12.7. The third-order valence-corrected chi connectivity index (χ3v) is 5.87. The predicted octanol–water partition coefficient (Wildman–Crippen LogP) is 2.78. The van der Waals surface area contributed by atoms with Gasteiger partial charge in [-0.15, -0.1) is 0 Å². The molecule has 2 N–H and O–H groups in total. The number of furan rings is 1. The van der Waals surface area contributed by atoms with Crippen molar-refractivity contribution in [2.45, 2.75) is 18.4 Å². The quantitative estimate of drug-likeness (QED) is 0.559. The highest BCUT2D eigenvalue weighted by Gasteiger charge is 2.19. The number of anilines is 1. The number of hydrogen-bond acceptors (Lipinski definition) is 5. The van der Waals surface area contributed by atoms with Gasteiger partial charge in [0, 0.05) is 18.3 Å². The van der Waals surface area contributed by atoms with Crippen LogP contribution >= 0.6 is 0 Å². The first-order valence-corrected chi connectivity index (χ1v) is 11.0. The molecule has 0 atom stereocenters. The number of nitrogens with one attached hydrogen (secondary N) is 2. The van der Waals surface area contributed by atoms with Gasteiger partial charge in [0.1, 0.15) is 5.76 Å². The van der Waals surface area contributed by atoms with Crippen molar-refractivity contribution >= 4 is 27.5 Å². The van der Waals surface area contributed by atoms with Gasteiger partial charge in [0.15, 0.2) is 0 Å². The Labute approximate surface area is 180 Å². The first kappa shape index (κ1) is 22.3. The van der Waals surface area contributed by atoms with E-state index in [4.69, 9.17) is 4.42 Å². The molecule has 0 bridgehead atoms. The largest absolute Gasteiger partial charge is 0.468 e. The second-order valence-electron chi connectivity index (χ2n) is 7.01. The first-order chi connectivity index (χ1) is 14.7. The van der Waals surface area contributed by atoms with Crippen LogP contribution < -0.4 is 10.0 Å². The number of hydrogen-bond donors (Lipinski definition) is 2. The summed E-state index contributed by atoms with van der Waals surface area (Å²) in [6, 6.07) is 16.3. The fraction of sp³-hybridized carbons (Fsp3) is 0.182. The molecule has 0 saturated carbocycles. The molecule has 1 aromatic heterocycles. The van der Waals surface area contributed by atoms with Crippen LogP contribution in [0.15, 0.2) is 76.2 Å². The van der Waals surface area contributed by atoms with E-state index in [1.807, 2.05) is 19.1 Å². The van der Waals surface area contributed by atoms with E-state index in [-0.39, 0.29) is 29.5 Å². The maximum Gasteiger partial charge on any atom is 0.254 e. The molecule has 0 aliphatic carbocycles. The minimum Gasteiger partial charge on any atom is -0.468 e. The number of amides is 2. The first-order valence-electron chi connectivity index (χ1n) is 9.49. The van der Waals surface area contributed by atoms with E-state index >= 15 is 0 Å². The molecule has 0 saturated heterocycles. The highest BCUT2D eigenvalue weighted by atomic mass is 32.2. The van der Waals surface area contributed by atoms with Crippen molar-refractivity contribution < 1.29 is 22.4 Å². The predicted molar refractivity (Wildman–Crippen MR) is 116 cm³/mol. The molecular formula is C22H23N3O5S.